The van der Waals surface area contributed by atoms with Crippen LogP contribution in [0.25, 0.3) is 11.0 Å². The minimum absolute atomic E-state index is 0.0528. The fourth-order valence-corrected chi connectivity index (χ4v) is 2.92. The molecule has 0 aliphatic carbocycles. The van der Waals surface area contributed by atoms with E-state index in [1.807, 2.05) is 19.9 Å². The van der Waals surface area contributed by atoms with E-state index in [1.165, 1.54) is 0 Å². The molecule has 154 valence electrons. The van der Waals surface area contributed by atoms with Crippen molar-refractivity contribution in [2.24, 2.45) is 0 Å². The number of anilines is 4. The predicted octanol–water partition coefficient (Wildman–Crippen LogP) is 5.13. The summed E-state index contributed by atoms with van der Waals surface area (Å²) < 4.78 is 25.3. The molecule has 8 heteroatoms. The lowest BCUT2D eigenvalue weighted by molar-refractivity contribution is 0.242. The van der Waals surface area contributed by atoms with Gasteiger partial charge in [0, 0.05) is 16.8 Å². The molecule has 0 saturated heterocycles. The van der Waals surface area contributed by atoms with Crippen molar-refractivity contribution in [1.29, 1.82) is 0 Å². The van der Waals surface area contributed by atoms with Gasteiger partial charge in [0.2, 0.25) is 5.95 Å². The number of rotatable bonds is 7. The minimum atomic E-state index is -0.569. The molecular formula is C22H21FN4O3. The first kappa shape index (κ1) is 19.7. The molecule has 30 heavy (non-hydrogen) atoms. The number of ether oxygens (including phenoxy) is 1. The average Bonchev–Trinajstić information content (AvgIpc) is 3.14. The Labute approximate surface area is 172 Å². The molecule has 0 amide bonds. The van der Waals surface area contributed by atoms with Crippen LogP contribution in [-0.2, 0) is 6.61 Å². The van der Waals surface area contributed by atoms with Gasteiger partial charge in [0.15, 0.2) is 11.6 Å². The van der Waals surface area contributed by atoms with Crippen LogP contribution in [0.4, 0.5) is 27.5 Å². The Morgan fingerprint density at radius 3 is 2.57 bits per heavy atom. The van der Waals surface area contributed by atoms with Crippen LogP contribution in [0.1, 0.15) is 19.6 Å². The summed E-state index contributed by atoms with van der Waals surface area (Å²) in [7, 11) is 0. The van der Waals surface area contributed by atoms with E-state index in [-0.39, 0.29) is 24.5 Å². The number of aliphatic hydroxyl groups is 1. The smallest absolute Gasteiger partial charge is 0.229 e. The van der Waals surface area contributed by atoms with E-state index in [0.717, 1.165) is 17.3 Å². The number of fused-ring (bicyclic) bond motifs is 1. The first-order valence-corrected chi connectivity index (χ1v) is 9.47. The van der Waals surface area contributed by atoms with Crippen LogP contribution in [0.15, 0.2) is 59.1 Å². The van der Waals surface area contributed by atoms with Gasteiger partial charge in [-0.05, 0) is 62.4 Å². The number of nitrogens with zero attached hydrogens (tertiary/aromatic N) is 2. The highest BCUT2D eigenvalue weighted by atomic mass is 19.1. The minimum Gasteiger partial charge on any atom is -0.491 e. The van der Waals surface area contributed by atoms with E-state index in [4.69, 9.17) is 9.15 Å². The largest absolute Gasteiger partial charge is 0.491 e. The Balaban J connectivity index is 1.51. The molecule has 0 atom stereocenters. The number of nitrogens with one attached hydrogen (secondary N) is 2. The monoisotopic (exact) mass is 408 g/mol. The molecule has 0 unspecified atom stereocenters. The van der Waals surface area contributed by atoms with Crippen LogP contribution < -0.4 is 15.4 Å². The molecule has 7 nitrogen and oxygen atoms in total. The van der Waals surface area contributed by atoms with E-state index in [9.17, 15) is 9.50 Å². The normalized spacial score (nSPS) is 11.1. The summed E-state index contributed by atoms with van der Waals surface area (Å²) in [6.07, 6.45) is 1.18. The summed E-state index contributed by atoms with van der Waals surface area (Å²) in [6.45, 7) is 3.73. The van der Waals surface area contributed by atoms with Gasteiger partial charge in [-0.2, -0.15) is 4.98 Å². The molecule has 0 saturated carbocycles. The molecule has 2 aromatic carbocycles. The lowest BCUT2D eigenvalue weighted by Gasteiger charge is -2.12. The maximum Gasteiger partial charge on any atom is 0.229 e. The van der Waals surface area contributed by atoms with Crippen LogP contribution in [0, 0.1) is 5.82 Å². The van der Waals surface area contributed by atoms with Gasteiger partial charge in [-0.15, -0.1) is 0 Å². The quantitative estimate of drug-likeness (QED) is 0.390. The standard InChI is InChI=1S/C22H21FN4O3/c1-13(2)29-17-6-3-15(4-7-17)25-21-19(23)11-24-22(27-21)26-16-5-8-20-14(9-16)10-18(12-28)30-20/h3-11,13,28H,12H2,1-2H3,(H2,24,25,26,27). The average molecular weight is 408 g/mol. The summed E-state index contributed by atoms with van der Waals surface area (Å²) >= 11 is 0. The second-order valence-electron chi connectivity index (χ2n) is 6.95. The summed E-state index contributed by atoms with van der Waals surface area (Å²) in [4.78, 5) is 8.24. The number of hydrogen-bond donors (Lipinski definition) is 3. The second kappa shape index (κ2) is 8.38. The lowest BCUT2D eigenvalue weighted by atomic mass is 10.2. The van der Waals surface area contributed by atoms with Crippen molar-refractivity contribution in [2.45, 2.75) is 26.6 Å². The molecule has 0 spiro atoms. The van der Waals surface area contributed by atoms with Gasteiger partial charge < -0.3 is 24.9 Å². The van der Waals surface area contributed by atoms with Crippen LogP contribution in [0.2, 0.25) is 0 Å². The van der Waals surface area contributed by atoms with Gasteiger partial charge >= 0.3 is 0 Å². The van der Waals surface area contributed by atoms with Gasteiger partial charge in [-0.25, -0.2) is 9.37 Å². The fraction of sp³-hybridized carbons (Fsp3) is 0.182. The van der Waals surface area contributed by atoms with Crippen LogP contribution in [-0.4, -0.2) is 21.2 Å². The third kappa shape index (κ3) is 4.49. The van der Waals surface area contributed by atoms with Crippen molar-refractivity contribution < 1.29 is 18.7 Å². The Kier molecular flexibility index (Phi) is 5.49. The number of hydrogen-bond acceptors (Lipinski definition) is 7. The summed E-state index contributed by atoms with van der Waals surface area (Å²) in [6, 6.07) is 14.4. The summed E-state index contributed by atoms with van der Waals surface area (Å²) in [5, 5.41) is 16.0. The van der Waals surface area contributed by atoms with Gasteiger partial charge in [-0.3, -0.25) is 0 Å². The van der Waals surface area contributed by atoms with Crippen molar-refractivity contribution in [3.63, 3.8) is 0 Å². The number of aromatic nitrogens is 2. The Morgan fingerprint density at radius 1 is 1.07 bits per heavy atom. The van der Waals surface area contributed by atoms with Gasteiger partial charge in [0.25, 0.3) is 0 Å². The zero-order valence-electron chi connectivity index (χ0n) is 16.5. The Morgan fingerprint density at radius 2 is 1.83 bits per heavy atom. The fourth-order valence-electron chi connectivity index (χ4n) is 2.92. The number of benzene rings is 2. The third-order valence-corrected chi connectivity index (χ3v) is 4.21. The molecule has 0 aliphatic heterocycles. The third-order valence-electron chi connectivity index (χ3n) is 4.21. The lowest BCUT2D eigenvalue weighted by Crippen LogP contribution is -2.05. The Hall–Kier alpha value is -3.65. The molecule has 4 aromatic rings. The van der Waals surface area contributed by atoms with E-state index in [0.29, 0.717) is 22.7 Å². The molecule has 3 N–H and O–H groups in total. The first-order chi connectivity index (χ1) is 14.5. The van der Waals surface area contributed by atoms with Crippen molar-refractivity contribution in [2.75, 3.05) is 10.6 Å². The zero-order valence-corrected chi connectivity index (χ0v) is 16.5. The summed E-state index contributed by atoms with van der Waals surface area (Å²) in [5.41, 5.74) is 2.04. The SMILES string of the molecule is CC(C)Oc1ccc(Nc2nc(Nc3ccc4oc(CO)cc4c3)ncc2F)cc1. The van der Waals surface area contributed by atoms with Crippen molar-refractivity contribution >= 4 is 34.1 Å². The zero-order chi connectivity index (χ0) is 21.1. The van der Waals surface area contributed by atoms with Crippen LogP contribution >= 0.6 is 0 Å². The number of halogens is 1. The first-order valence-electron chi connectivity index (χ1n) is 9.47. The maximum atomic E-state index is 14.2. The van der Waals surface area contributed by atoms with E-state index >= 15 is 0 Å². The summed E-state index contributed by atoms with van der Waals surface area (Å²) in [5.74, 6) is 0.943. The highest BCUT2D eigenvalue weighted by Gasteiger charge is 2.10. The number of furan rings is 1. The molecule has 0 aliphatic rings. The highest BCUT2D eigenvalue weighted by Crippen LogP contribution is 2.26. The van der Waals surface area contributed by atoms with E-state index in [1.54, 1.807) is 42.5 Å². The molecule has 0 fully saturated rings. The number of aliphatic hydroxyl groups excluding tert-OH is 1. The van der Waals surface area contributed by atoms with Crippen molar-refractivity contribution in [3.05, 3.63) is 66.3 Å². The van der Waals surface area contributed by atoms with E-state index < -0.39 is 5.82 Å². The van der Waals surface area contributed by atoms with Crippen LogP contribution in [0.3, 0.4) is 0 Å². The molecular weight excluding hydrogens is 387 g/mol. The van der Waals surface area contributed by atoms with Gasteiger partial charge in [0.05, 0.1) is 12.3 Å². The maximum absolute atomic E-state index is 14.2. The molecule has 2 heterocycles. The van der Waals surface area contributed by atoms with Crippen LogP contribution in [0.5, 0.6) is 5.75 Å². The van der Waals surface area contributed by atoms with Crippen molar-refractivity contribution in [3.8, 4) is 5.75 Å². The predicted molar refractivity (Wildman–Crippen MR) is 113 cm³/mol. The molecule has 2 aromatic heterocycles. The highest BCUT2D eigenvalue weighted by molar-refractivity contribution is 5.82. The van der Waals surface area contributed by atoms with E-state index in [2.05, 4.69) is 20.6 Å². The second-order valence-corrected chi connectivity index (χ2v) is 6.95. The molecule has 0 radical (unpaired) electrons. The van der Waals surface area contributed by atoms with Crippen molar-refractivity contribution in [1.82, 2.24) is 9.97 Å². The Bertz CT molecular complexity index is 1160. The van der Waals surface area contributed by atoms with Gasteiger partial charge in [0.1, 0.15) is 23.7 Å². The molecule has 4 rings (SSSR count). The van der Waals surface area contributed by atoms with Gasteiger partial charge in [-0.1, -0.05) is 0 Å². The topological polar surface area (TPSA) is 92.4 Å². The molecule has 0 bridgehead atoms.